The number of hydrogen-bond donors (Lipinski definition) is 1. The molecular formula is C25H29N3O2. The number of amides is 2. The van der Waals surface area contributed by atoms with E-state index in [1.54, 1.807) is 0 Å². The van der Waals surface area contributed by atoms with Crippen LogP contribution in [-0.2, 0) is 9.59 Å². The Bertz CT molecular complexity index is 1020. The van der Waals surface area contributed by atoms with Crippen LogP contribution < -0.4 is 10.2 Å². The van der Waals surface area contributed by atoms with Gasteiger partial charge in [0.05, 0.1) is 5.57 Å². The molecule has 0 aromatic heterocycles. The maximum atomic E-state index is 13.2. The van der Waals surface area contributed by atoms with Crippen molar-refractivity contribution in [2.24, 2.45) is 0 Å². The molecular weight excluding hydrogens is 374 g/mol. The predicted molar refractivity (Wildman–Crippen MR) is 121 cm³/mol. The van der Waals surface area contributed by atoms with Gasteiger partial charge in [-0.05, 0) is 81.5 Å². The van der Waals surface area contributed by atoms with Crippen molar-refractivity contribution in [2.75, 3.05) is 23.3 Å². The third-order valence-corrected chi connectivity index (χ3v) is 6.04. The topological polar surface area (TPSA) is 52.7 Å². The number of anilines is 2. The summed E-state index contributed by atoms with van der Waals surface area (Å²) >= 11 is 0. The van der Waals surface area contributed by atoms with Crippen molar-refractivity contribution in [2.45, 2.75) is 46.6 Å². The molecule has 2 heterocycles. The smallest absolute Gasteiger partial charge is 0.278 e. The molecule has 30 heavy (non-hydrogen) atoms. The number of hydrogen-bond acceptors (Lipinski definition) is 4. The van der Waals surface area contributed by atoms with Gasteiger partial charge in [-0.15, -0.1) is 0 Å². The number of rotatable bonds is 5. The van der Waals surface area contributed by atoms with Gasteiger partial charge >= 0.3 is 0 Å². The quantitative estimate of drug-likeness (QED) is 0.747. The van der Waals surface area contributed by atoms with E-state index in [-0.39, 0.29) is 17.9 Å². The minimum Gasteiger partial charge on any atom is -0.372 e. The molecule has 2 aliphatic heterocycles. The van der Waals surface area contributed by atoms with Gasteiger partial charge in [0.15, 0.2) is 0 Å². The van der Waals surface area contributed by atoms with Gasteiger partial charge in [0.25, 0.3) is 11.8 Å². The Morgan fingerprint density at radius 2 is 1.53 bits per heavy atom. The molecule has 0 atom stereocenters. The Balaban J connectivity index is 1.70. The lowest BCUT2D eigenvalue weighted by molar-refractivity contribution is -0.138. The second-order valence-corrected chi connectivity index (χ2v) is 8.49. The van der Waals surface area contributed by atoms with E-state index in [1.165, 1.54) is 23.4 Å². The van der Waals surface area contributed by atoms with Crippen LogP contribution in [0.2, 0.25) is 0 Å². The fourth-order valence-corrected chi connectivity index (χ4v) is 4.17. The van der Waals surface area contributed by atoms with Crippen LogP contribution in [0.4, 0.5) is 11.4 Å². The SMILES string of the molecule is Cc1ccc(C2=C(Nc3ccc(N4CCCC4)cc3)C(=O)N(C(C)C)C2=O)cc1C. The highest BCUT2D eigenvalue weighted by atomic mass is 16.2. The zero-order valence-electron chi connectivity index (χ0n) is 18.2. The lowest BCUT2D eigenvalue weighted by atomic mass is 9.99. The Morgan fingerprint density at radius 3 is 2.13 bits per heavy atom. The summed E-state index contributed by atoms with van der Waals surface area (Å²) in [5, 5.41) is 3.26. The van der Waals surface area contributed by atoms with Crippen molar-refractivity contribution in [1.29, 1.82) is 0 Å². The summed E-state index contributed by atoms with van der Waals surface area (Å²) in [4.78, 5) is 30.0. The number of imide groups is 1. The molecule has 0 radical (unpaired) electrons. The van der Waals surface area contributed by atoms with Crippen molar-refractivity contribution in [3.8, 4) is 0 Å². The van der Waals surface area contributed by atoms with Crippen molar-refractivity contribution >= 4 is 28.8 Å². The first kappa shape index (κ1) is 20.2. The molecule has 2 amide bonds. The summed E-state index contributed by atoms with van der Waals surface area (Å²) in [5.41, 5.74) is 5.82. The van der Waals surface area contributed by atoms with Crippen molar-refractivity contribution in [3.63, 3.8) is 0 Å². The van der Waals surface area contributed by atoms with Crippen LogP contribution >= 0.6 is 0 Å². The number of carbonyl (C=O) groups excluding carboxylic acids is 2. The summed E-state index contributed by atoms with van der Waals surface area (Å²) in [6.07, 6.45) is 2.46. The Kier molecular flexibility index (Phi) is 5.37. The molecule has 0 aliphatic carbocycles. The fraction of sp³-hybridized carbons (Fsp3) is 0.360. The summed E-state index contributed by atoms with van der Waals surface area (Å²) in [6.45, 7) is 9.96. The van der Waals surface area contributed by atoms with Crippen LogP contribution in [0.1, 0.15) is 43.4 Å². The maximum absolute atomic E-state index is 13.2. The highest BCUT2D eigenvalue weighted by Crippen LogP contribution is 2.33. The molecule has 0 unspecified atom stereocenters. The predicted octanol–water partition coefficient (Wildman–Crippen LogP) is 4.50. The zero-order chi connectivity index (χ0) is 21.4. The van der Waals surface area contributed by atoms with Crippen LogP contribution in [0.3, 0.4) is 0 Å². The summed E-state index contributed by atoms with van der Waals surface area (Å²) in [7, 11) is 0. The highest BCUT2D eigenvalue weighted by Gasteiger charge is 2.40. The lowest BCUT2D eigenvalue weighted by Crippen LogP contribution is -2.38. The van der Waals surface area contributed by atoms with E-state index in [4.69, 9.17) is 0 Å². The largest absolute Gasteiger partial charge is 0.372 e. The lowest BCUT2D eigenvalue weighted by Gasteiger charge is -2.20. The van der Waals surface area contributed by atoms with Crippen LogP contribution in [0.5, 0.6) is 0 Å². The van der Waals surface area contributed by atoms with E-state index in [1.807, 2.05) is 58.0 Å². The molecule has 5 nitrogen and oxygen atoms in total. The van der Waals surface area contributed by atoms with E-state index >= 15 is 0 Å². The first-order valence-corrected chi connectivity index (χ1v) is 10.7. The molecule has 0 spiro atoms. The number of nitrogens with zero attached hydrogens (tertiary/aromatic N) is 2. The zero-order valence-corrected chi connectivity index (χ0v) is 18.2. The number of carbonyl (C=O) groups is 2. The van der Waals surface area contributed by atoms with Gasteiger partial charge in [-0.1, -0.05) is 18.2 Å². The van der Waals surface area contributed by atoms with Gasteiger partial charge in [-0.3, -0.25) is 14.5 Å². The van der Waals surface area contributed by atoms with Gasteiger partial charge in [-0.2, -0.15) is 0 Å². The van der Waals surface area contributed by atoms with Gasteiger partial charge < -0.3 is 10.2 Å². The van der Waals surface area contributed by atoms with Crippen molar-refractivity contribution in [3.05, 3.63) is 64.9 Å². The molecule has 1 saturated heterocycles. The molecule has 5 heteroatoms. The Hall–Kier alpha value is -3.08. The highest BCUT2D eigenvalue weighted by molar-refractivity contribution is 6.36. The minimum absolute atomic E-state index is 0.205. The van der Waals surface area contributed by atoms with Crippen LogP contribution in [0.25, 0.3) is 5.57 Å². The van der Waals surface area contributed by atoms with Crippen LogP contribution in [0.15, 0.2) is 48.2 Å². The molecule has 2 aromatic carbocycles. The second kappa shape index (κ2) is 7.98. The van der Waals surface area contributed by atoms with E-state index < -0.39 is 0 Å². The minimum atomic E-state index is -0.271. The average Bonchev–Trinajstić information content (AvgIpc) is 3.32. The van der Waals surface area contributed by atoms with Crippen LogP contribution in [0, 0.1) is 13.8 Å². The molecule has 2 aromatic rings. The molecule has 0 saturated carbocycles. The van der Waals surface area contributed by atoms with Gasteiger partial charge in [0, 0.05) is 30.5 Å². The Labute approximate surface area is 178 Å². The number of benzene rings is 2. The molecule has 0 bridgehead atoms. The van der Waals surface area contributed by atoms with E-state index in [0.29, 0.717) is 11.3 Å². The van der Waals surface area contributed by atoms with Gasteiger partial charge in [0.2, 0.25) is 0 Å². The molecule has 4 rings (SSSR count). The first-order chi connectivity index (χ1) is 14.4. The second-order valence-electron chi connectivity index (χ2n) is 8.49. The third kappa shape index (κ3) is 3.60. The molecule has 1 fully saturated rings. The summed E-state index contributed by atoms with van der Waals surface area (Å²) < 4.78 is 0. The molecule has 1 N–H and O–H groups in total. The van der Waals surface area contributed by atoms with Gasteiger partial charge in [-0.25, -0.2) is 0 Å². The summed E-state index contributed by atoms with van der Waals surface area (Å²) in [6, 6.07) is 13.8. The van der Waals surface area contributed by atoms with Gasteiger partial charge in [0.1, 0.15) is 5.70 Å². The monoisotopic (exact) mass is 403 g/mol. The first-order valence-electron chi connectivity index (χ1n) is 10.7. The third-order valence-electron chi connectivity index (χ3n) is 6.04. The maximum Gasteiger partial charge on any atom is 0.278 e. The number of nitrogens with one attached hydrogen (secondary N) is 1. The summed E-state index contributed by atoms with van der Waals surface area (Å²) in [5.74, 6) is -0.513. The van der Waals surface area contributed by atoms with E-state index in [2.05, 4.69) is 22.3 Å². The molecule has 2 aliphatic rings. The van der Waals surface area contributed by atoms with Crippen molar-refractivity contribution < 1.29 is 9.59 Å². The molecule has 156 valence electrons. The normalized spacial score (nSPS) is 17.0. The van der Waals surface area contributed by atoms with Crippen LogP contribution in [-0.4, -0.2) is 35.8 Å². The average molecular weight is 404 g/mol. The van der Waals surface area contributed by atoms with Crippen molar-refractivity contribution in [1.82, 2.24) is 4.90 Å². The standard InChI is InChI=1S/C25H29N3O2/c1-16(2)28-24(29)22(19-8-7-17(3)18(4)15-19)23(25(28)30)26-20-9-11-21(12-10-20)27-13-5-6-14-27/h7-12,15-16,26H,5-6,13-14H2,1-4H3. The Morgan fingerprint density at radius 1 is 0.867 bits per heavy atom. The van der Waals surface area contributed by atoms with E-state index in [9.17, 15) is 9.59 Å². The van der Waals surface area contributed by atoms with E-state index in [0.717, 1.165) is 35.5 Å². The fourth-order valence-electron chi connectivity index (χ4n) is 4.17. The number of aryl methyl sites for hydroxylation is 2.